The lowest BCUT2D eigenvalue weighted by Gasteiger charge is -2.38. The van der Waals surface area contributed by atoms with E-state index in [9.17, 15) is 60.7 Å². The minimum Gasteiger partial charge on any atom is -0.481 e. The van der Waals surface area contributed by atoms with E-state index in [-0.39, 0.29) is 56.9 Å². The van der Waals surface area contributed by atoms with Gasteiger partial charge in [0.25, 0.3) is 11.8 Å². The molecule has 6 amide bonds. The molecule has 0 aromatic carbocycles. The molecule has 0 spiro atoms. The number of carbonyl (C=O) groups excluding carboxylic acids is 8. The highest BCUT2D eigenvalue weighted by Gasteiger charge is 2.48. The van der Waals surface area contributed by atoms with Crippen molar-refractivity contribution in [3.63, 3.8) is 0 Å². The number of nitrogens with one attached hydrogen (secondary N) is 6. The number of carboxylic acids is 1. The molecule has 7 N–H and O–H groups in total. The Balaban J connectivity index is 0.000000475. The molecule has 0 aromatic rings. The highest BCUT2D eigenvalue weighted by molar-refractivity contribution is 6.68. The molecule has 6 atom stereocenters. The van der Waals surface area contributed by atoms with Gasteiger partial charge in [0.05, 0.1) is 10.8 Å². The van der Waals surface area contributed by atoms with Crippen LogP contribution in [0, 0.1) is 22.7 Å². The number of alkyl carbamates (subject to hydrolysis) is 1. The molecule has 21 nitrogen and oxygen atoms in total. The number of hydrazine groups is 2. The van der Waals surface area contributed by atoms with Crippen molar-refractivity contribution in [3.8, 4) is 0 Å². The molecule has 4 aliphatic rings. The number of ether oxygens (including phenoxy) is 3. The molecule has 2 saturated heterocycles. The number of carbonyl (C=O) groups is 9. The molecule has 4 fully saturated rings. The van der Waals surface area contributed by atoms with E-state index in [1.54, 1.807) is 48.5 Å². The third-order valence-corrected chi connectivity index (χ3v) is 14.6. The van der Waals surface area contributed by atoms with Crippen LogP contribution in [0.4, 0.5) is 22.4 Å². The summed E-state index contributed by atoms with van der Waals surface area (Å²) in [5, 5.41) is 21.7. The number of rotatable bonds is 18. The van der Waals surface area contributed by atoms with Crippen LogP contribution in [-0.2, 0) is 52.6 Å². The first-order valence-electron chi connectivity index (χ1n) is 27.2. The normalized spacial score (nSPS) is 21.5. The van der Waals surface area contributed by atoms with Gasteiger partial charge in [0.2, 0.25) is 37.2 Å². The Labute approximate surface area is 517 Å². The highest BCUT2D eigenvalue weighted by atomic mass is 35.6. The van der Waals surface area contributed by atoms with Crippen LogP contribution in [-0.4, -0.2) is 156 Å². The number of alkyl halides is 10. The second kappa shape index (κ2) is 32.2. The Morgan fingerprint density at radius 2 is 0.940 bits per heavy atom. The molecule has 0 unspecified atom stereocenters. The minimum atomic E-state index is -2.83. The number of nitrogens with zero attached hydrogens (tertiary/aromatic N) is 2. The first kappa shape index (κ1) is 76.0. The Kier molecular flexibility index (Phi) is 29.1. The number of esters is 2. The number of carboxylic acid groups (broad SMARTS) is 1. The third-order valence-electron chi connectivity index (χ3n) is 14.0. The highest BCUT2D eigenvalue weighted by Crippen LogP contribution is 2.46. The zero-order valence-corrected chi connectivity index (χ0v) is 53.1. The summed E-state index contributed by atoms with van der Waals surface area (Å²) in [6, 6.07) is -5.50. The van der Waals surface area contributed by atoms with Crippen LogP contribution in [0.2, 0.25) is 0 Å². The SMILES string of the molecule is C=CC1(C(=O)N[C@H](C(=O)N[C@@H](C)C(=O)N2CCC[C@@H](C(=O)OCC(Cl)(Cl)Cl)N2)C(C)C)CCC(F)(F)CC1.C=CC1(C(=O)O)CCC(F)(F)CC1.CC(C)[C@H](NC(=O)OC(C)(C)C)C(=O)N[C@@H](C)C(=O)N1CCC[C@@H](C(=O)OCC(Cl)(Cl)Cl)N1. The Bertz CT molecular complexity index is 2320. The fraction of sp³-hybridized carbons (Fsp3) is 0.755. The van der Waals surface area contributed by atoms with Gasteiger partial charge in [-0.1, -0.05) is 109 Å². The predicted molar refractivity (Wildman–Crippen MR) is 308 cm³/mol. The Morgan fingerprint density at radius 3 is 1.25 bits per heavy atom. The third kappa shape index (κ3) is 25.3. The van der Waals surface area contributed by atoms with Gasteiger partial charge in [-0.2, -0.15) is 0 Å². The van der Waals surface area contributed by atoms with Crippen LogP contribution >= 0.6 is 69.6 Å². The van der Waals surface area contributed by atoms with E-state index in [1.807, 2.05) is 0 Å². The van der Waals surface area contributed by atoms with Gasteiger partial charge in [0.15, 0.2) is 0 Å². The number of amides is 6. The summed E-state index contributed by atoms with van der Waals surface area (Å²) in [5.74, 6) is -11.2. The Morgan fingerprint density at radius 1 is 0.595 bits per heavy atom. The second-order valence-electron chi connectivity index (χ2n) is 22.8. The average molecular weight is 1330 g/mol. The van der Waals surface area contributed by atoms with Crippen LogP contribution in [0.1, 0.15) is 139 Å². The van der Waals surface area contributed by atoms with E-state index in [4.69, 9.17) is 88.9 Å². The number of hydrogen-bond acceptors (Lipinski definition) is 14. The first-order valence-corrected chi connectivity index (χ1v) is 29.5. The van der Waals surface area contributed by atoms with E-state index < -0.39 is 152 Å². The second-order valence-corrected chi connectivity index (χ2v) is 27.9. The quantitative estimate of drug-likeness (QED) is 0.0223. The van der Waals surface area contributed by atoms with Gasteiger partial charge in [-0.05, 0) is 97.8 Å². The van der Waals surface area contributed by atoms with Crippen LogP contribution < -0.4 is 32.1 Å². The molecule has 2 aliphatic heterocycles. The predicted octanol–water partition coefficient (Wildman–Crippen LogP) is 8.32. The molecule has 31 heteroatoms. The maximum absolute atomic E-state index is 13.7. The average Bonchev–Trinajstić information content (AvgIpc) is 3.00. The van der Waals surface area contributed by atoms with Crippen molar-refractivity contribution in [3.05, 3.63) is 25.3 Å². The van der Waals surface area contributed by atoms with E-state index in [2.05, 4.69) is 45.3 Å². The largest absolute Gasteiger partial charge is 0.481 e. The van der Waals surface area contributed by atoms with Gasteiger partial charge in [-0.25, -0.2) is 33.2 Å². The van der Waals surface area contributed by atoms with Gasteiger partial charge < -0.3 is 40.6 Å². The topological polar surface area (TPSA) is 280 Å². The number of aliphatic carboxylic acids is 1. The number of halogens is 10. The van der Waals surface area contributed by atoms with E-state index >= 15 is 0 Å². The van der Waals surface area contributed by atoms with Gasteiger partial charge >= 0.3 is 24.0 Å². The van der Waals surface area contributed by atoms with Crippen LogP contribution in [0.15, 0.2) is 25.3 Å². The molecule has 0 bridgehead atoms. The van der Waals surface area contributed by atoms with Crippen molar-refractivity contribution in [2.45, 2.75) is 201 Å². The van der Waals surface area contributed by atoms with E-state index in [0.717, 1.165) is 0 Å². The van der Waals surface area contributed by atoms with Crippen molar-refractivity contribution >= 4 is 123 Å². The summed E-state index contributed by atoms with van der Waals surface area (Å²) in [7, 11) is 0. The smallest absolute Gasteiger partial charge is 0.408 e. The van der Waals surface area contributed by atoms with Crippen molar-refractivity contribution in [2.75, 3.05) is 26.3 Å². The maximum Gasteiger partial charge on any atom is 0.408 e. The first-order chi connectivity index (χ1) is 38.4. The van der Waals surface area contributed by atoms with E-state index in [0.29, 0.717) is 32.2 Å². The summed E-state index contributed by atoms with van der Waals surface area (Å²) < 4.78 is 64.5. The molecule has 0 aromatic heterocycles. The summed E-state index contributed by atoms with van der Waals surface area (Å²) >= 11 is 33.6. The summed E-state index contributed by atoms with van der Waals surface area (Å²) in [6.45, 7) is 21.9. The zero-order valence-electron chi connectivity index (χ0n) is 48.5. The molecule has 2 aliphatic carbocycles. The van der Waals surface area contributed by atoms with Crippen molar-refractivity contribution in [2.24, 2.45) is 22.7 Å². The lowest BCUT2D eigenvalue weighted by atomic mass is 9.72. The molecule has 2 heterocycles. The van der Waals surface area contributed by atoms with Crippen molar-refractivity contribution < 1.29 is 80.0 Å². The van der Waals surface area contributed by atoms with Gasteiger partial charge in [0, 0.05) is 38.8 Å². The van der Waals surface area contributed by atoms with Gasteiger partial charge in [-0.15, -0.1) is 13.2 Å². The summed E-state index contributed by atoms with van der Waals surface area (Å²) in [4.78, 5) is 112. The fourth-order valence-electron chi connectivity index (χ4n) is 8.88. The van der Waals surface area contributed by atoms with Crippen LogP contribution in [0.25, 0.3) is 0 Å². The molecule has 2 saturated carbocycles. The van der Waals surface area contributed by atoms with Crippen LogP contribution in [0.5, 0.6) is 0 Å². The monoisotopic (exact) mass is 1320 g/mol. The van der Waals surface area contributed by atoms with E-state index in [1.165, 1.54) is 36.0 Å². The lowest BCUT2D eigenvalue weighted by Crippen LogP contribution is -2.61. The fourth-order valence-corrected chi connectivity index (χ4v) is 9.20. The standard InChI is InChI=1S/C24H35Cl3F2N4O5.C20H33Cl3N4O6.C9H12F2O2/c1-5-22(8-10-23(28,29)11-9-22)21(37)31-17(14(2)3)18(34)30-15(4)19(35)33-12-6-7-16(32-33)20(36)38-13-24(25,26)27;1-11(2)14(25-18(31)33-19(4,5)6)15(28)24-12(3)16(29)27-9-7-8-13(26-27)17(30)32-10-20(21,22)23;1-2-8(7(12)13)3-5-9(10,11)6-4-8/h5,14-17,32H,1,6-13H2,2-4H3,(H,30,34)(H,31,37);11-14,26H,7-10H2,1-6H3,(H,24,28)(H,25,31);2H,1,3-6H2,(H,12,13)/t15-,16-,17-;12-,13-,14-;/m00./s1. The molecule has 4 rings (SSSR count). The van der Waals surface area contributed by atoms with Gasteiger partial charge in [0.1, 0.15) is 55.1 Å². The summed E-state index contributed by atoms with van der Waals surface area (Å²) in [6.07, 6.45) is 1.96. The lowest BCUT2D eigenvalue weighted by molar-refractivity contribution is -0.154. The summed E-state index contributed by atoms with van der Waals surface area (Å²) in [5.41, 5.74) is 2.52. The minimum absolute atomic E-state index is 0.0150. The Hall–Kier alpha value is -4.11. The molecule has 480 valence electrons. The molecular formula is C53H80Cl6F4N8O13. The molecular weight excluding hydrogens is 1250 g/mol. The van der Waals surface area contributed by atoms with Gasteiger partial charge in [-0.3, -0.25) is 48.4 Å². The number of hydrogen-bond donors (Lipinski definition) is 7. The van der Waals surface area contributed by atoms with Crippen molar-refractivity contribution in [1.82, 2.24) is 42.1 Å². The maximum atomic E-state index is 13.7. The van der Waals surface area contributed by atoms with Crippen molar-refractivity contribution in [1.29, 1.82) is 0 Å². The molecule has 84 heavy (non-hydrogen) atoms. The molecule has 0 radical (unpaired) electrons. The zero-order chi connectivity index (χ0) is 64.6. The van der Waals surface area contributed by atoms with Crippen LogP contribution in [0.3, 0.4) is 0 Å².